The van der Waals surface area contributed by atoms with E-state index in [1.54, 1.807) is 0 Å². The minimum absolute atomic E-state index is 0.0616. The Bertz CT molecular complexity index is 466. The van der Waals surface area contributed by atoms with E-state index in [0.717, 1.165) is 37.4 Å². The van der Waals surface area contributed by atoms with Gasteiger partial charge in [-0.25, -0.2) is 0 Å². The van der Waals surface area contributed by atoms with Crippen molar-refractivity contribution in [2.24, 2.45) is 5.92 Å². The first-order valence-corrected chi connectivity index (χ1v) is 7.95. The van der Waals surface area contributed by atoms with Crippen LogP contribution in [0.15, 0.2) is 24.3 Å². The summed E-state index contributed by atoms with van der Waals surface area (Å²) >= 11 is 0. The Morgan fingerprint density at radius 1 is 1.20 bits per heavy atom. The number of anilines is 1. The summed E-state index contributed by atoms with van der Waals surface area (Å²) in [5.74, 6) is 1.01. The largest absolute Gasteiger partial charge is 0.373 e. The number of para-hydroxylation sites is 1. The van der Waals surface area contributed by atoms with Gasteiger partial charge < -0.3 is 10.6 Å². The highest BCUT2D eigenvalue weighted by Gasteiger charge is 2.23. The predicted molar refractivity (Wildman–Crippen MR) is 81.8 cm³/mol. The lowest BCUT2D eigenvalue weighted by atomic mass is 9.97. The third-order valence-electron chi connectivity index (χ3n) is 4.69. The van der Waals surface area contributed by atoms with E-state index in [2.05, 4.69) is 28.8 Å². The van der Waals surface area contributed by atoms with Gasteiger partial charge in [-0.3, -0.25) is 4.79 Å². The predicted octanol–water partition coefficient (Wildman–Crippen LogP) is 3.11. The number of carbonyl (C=O) groups excluding carboxylic acids is 1. The van der Waals surface area contributed by atoms with E-state index in [1.807, 2.05) is 6.07 Å². The van der Waals surface area contributed by atoms with E-state index in [-0.39, 0.29) is 11.9 Å². The molecule has 1 aliphatic heterocycles. The summed E-state index contributed by atoms with van der Waals surface area (Å²) in [6, 6.07) is 8.21. The molecule has 1 aliphatic carbocycles. The number of hydrogen-bond donors (Lipinski definition) is 2. The van der Waals surface area contributed by atoms with Crippen molar-refractivity contribution in [1.82, 2.24) is 5.32 Å². The fourth-order valence-electron chi connectivity index (χ4n) is 3.46. The number of hydrogen-bond acceptors (Lipinski definition) is 2. The fourth-order valence-corrected chi connectivity index (χ4v) is 3.46. The molecule has 0 spiro atoms. The first kappa shape index (κ1) is 13.5. The van der Waals surface area contributed by atoms with E-state index in [1.165, 1.54) is 31.2 Å². The van der Waals surface area contributed by atoms with Crippen LogP contribution in [0, 0.1) is 5.92 Å². The van der Waals surface area contributed by atoms with Gasteiger partial charge in [-0.05, 0) is 36.8 Å². The van der Waals surface area contributed by atoms with Crippen molar-refractivity contribution in [1.29, 1.82) is 0 Å². The summed E-state index contributed by atoms with van der Waals surface area (Å²) in [4.78, 5) is 12.2. The van der Waals surface area contributed by atoms with Crippen LogP contribution in [0.2, 0.25) is 0 Å². The van der Waals surface area contributed by atoms with Gasteiger partial charge in [-0.2, -0.15) is 0 Å². The number of amides is 1. The quantitative estimate of drug-likeness (QED) is 0.884. The van der Waals surface area contributed by atoms with Crippen LogP contribution in [0.1, 0.15) is 44.1 Å². The molecule has 1 fully saturated rings. The molecule has 0 aromatic heterocycles. The van der Waals surface area contributed by atoms with Gasteiger partial charge in [0.2, 0.25) is 5.91 Å². The van der Waals surface area contributed by atoms with Crippen LogP contribution in [-0.2, 0) is 11.2 Å². The van der Waals surface area contributed by atoms with Crippen molar-refractivity contribution < 1.29 is 4.79 Å². The molecule has 1 atom stereocenters. The average molecular weight is 272 g/mol. The SMILES string of the molecule is O=C(NCCC1CCCC1)C1CCc2ccccc2N1. The van der Waals surface area contributed by atoms with Gasteiger partial charge in [0.1, 0.15) is 6.04 Å². The number of benzene rings is 1. The summed E-state index contributed by atoms with van der Waals surface area (Å²) in [5.41, 5.74) is 2.44. The molecule has 3 heteroatoms. The lowest BCUT2D eigenvalue weighted by Gasteiger charge is -2.26. The minimum Gasteiger partial charge on any atom is -0.373 e. The van der Waals surface area contributed by atoms with Crippen molar-refractivity contribution in [2.75, 3.05) is 11.9 Å². The maximum atomic E-state index is 12.2. The van der Waals surface area contributed by atoms with Crippen LogP contribution in [-0.4, -0.2) is 18.5 Å². The molecule has 1 unspecified atom stereocenters. The third kappa shape index (κ3) is 3.14. The smallest absolute Gasteiger partial charge is 0.242 e. The first-order valence-electron chi connectivity index (χ1n) is 7.95. The molecule has 1 aromatic carbocycles. The molecular weight excluding hydrogens is 248 g/mol. The Balaban J connectivity index is 1.46. The van der Waals surface area contributed by atoms with E-state index in [0.29, 0.717) is 0 Å². The highest BCUT2D eigenvalue weighted by Crippen LogP contribution is 2.27. The molecule has 1 aromatic rings. The van der Waals surface area contributed by atoms with Crippen LogP contribution in [0.5, 0.6) is 0 Å². The maximum absolute atomic E-state index is 12.2. The molecule has 108 valence electrons. The molecule has 1 saturated carbocycles. The van der Waals surface area contributed by atoms with Crippen LogP contribution in [0.25, 0.3) is 0 Å². The number of rotatable bonds is 4. The Kier molecular flexibility index (Phi) is 4.24. The van der Waals surface area contributed by atoms with Crippen molar-refractivity contribution in [3.8, 4) is 0 Å². The van der Waals surface area contributed by atoms with E-state index in [4.69, 9.17) is 0 Å². The molecular formula is C17H24N2O. The van der Waals surface area contributed by atoms with Gasteiger partial charge in [-0.15, -0.1) is 0 Å². The number of fused-ring (bicyclic) bond motifs is 1. The van der Waals surface area contributed by atoms with Crippen molar-refractivity contribution in [2.45, 2.75) is 51.0 Å². The molecule has 0 saturated heterocycles. The second-order valence-corrected chi connectivity index (χ2v) is 6.12. The molecule has 3 nitrogen and oxygen atoms in total. The van der Waals surface area contributed by atoms with Gasteiger partial charge in [-0.1, -0.05) is 43.9 Å². The molecule has 3 rings (SSSR count). The van der Waals surface area contributed by atoms with Gasteiger partial charge in [0.15, 0.2) is 0 Å². The fraction of sp³-hybridized carbons (Fsp3) is 0.588. The standard InChI is InChI=1S/C17H24N2O/c20-17(18-12-11-13-5-1-2-6-13)16-10-9-14-7-3-4-8-15(14)19-16/h3-4,7-8,13,16,19H,1-2,5-6,9-12H2,(H,18,20). The summed E-state index contributed by atoms with van der Waals surface area (Å²) in [7, 11) is 0. The van der Waals surface area contributed by atoms with Crippen LogP contribution in [0.4, 0.5) is 5.69 Å². The zero-order valence-corrected chi connectivity index (χ0v) is 12.0. The monoisotopic (exact) mass is 272 g/mol. The molecule has 0 radical (unpaired) electrons. The Morgan fingerprint density at radius 3 is 2.85 bits per heavy atom. The van der Waals surface area contributed by atoms with Gasteiger partial charge in [0.25, 0.3) is 0 Å². The van der Waals surface area contributed by atoms with Crippen LogP contribution in [0.3, 0.4) is 0 Å². The first-order chi connectivity index (χ1) is 9.83. The topological polar surface area (TPSA) is 41.1 Å². The maximum Gasteiger partial charge on any atom is 0.242 e. The van der Waals surface area contributed by atoms with Crippen molar-refractivity contribution in [3.63, 3.8) is 0 Å². The highest BCUT2D eigenvalue weighted by atomic mass is 16.2. The second-order valence-electron chi connectivity index (χ2n) is 6.12. The second kappa shape index (κ2) is 6.29. The van der Waals surface area contributed by atoms with Gasteiger partial charge >= 0.3 is 0 Å². The highest BCUT2D eigenvalue weighted by molar-refractivity contribution is 5.85. The van der Waals surface area contributed by atoms with Crippen LogP contribution >= 0.6 is 0 Å². The molecule has 2 aliphatic rings. The summed E-state index contributed by atoms with van der Waals surface area (Å²) in [6.07, 6.45) is 8.49. The Morgan fingerprint density at radius 2 is 2.00 bits per heavy atom. The zero-order valence-electron chi connectivity index (χ0n) is 12.0. The Hall–Kier alpha value is -1.51. The van der Waals surface area contributed by atoms with Crippen LogP contribution < -0.4 is 10.6 Å². The number of carbonyl (C=O) groups is 1. The molecule has 20 heavy (non-hydrogen) atoms. The number of aryl methyl sites for hydroxylation is 1. The third-order valence-corrected chi connectivity index (χ3v) is 4.69. The van der Waals surface area contributed by atoms with Crippen molar-refractivity contribution in [3.05, 3.63) is 29.8 Å². The van der Waals surface area contributed by atoms with E-state index in [9.17, 15) is 4.79 Å². The van der Waals surface area contributed by atoms with E-state index < -0.39 is 0 Å². The average Bonchev–Trinajstić information content (AvgIpc) is 3.00. The lowest BCUT2D eigenvalue weighted by molar-refractivity contribution is -0.122. The molecule has 0 bridgehead atoms. The van der Waals surface area contributed by atoms with Crippen molar-refractivity contribution >= 4 is 11.6 Å². The molecule has 1 heterocycles. The Labute approximate surface area is 121 Å². The molecule has 1 amide bonds. The van der Waals surface area contributed by atoms with Gasteiger partial charge in [0, 0.05) is 12.2 Å². The minimum atomic E-state index is -0.0616. The van der Waals surface area contributed by atoms with E-state index >= 15 is 0 Å². The van der Waals surface area contributed by atoms with Gasteiger partial charge in [0.05, 0.1) is 0 Å². The normalized spacial score (nSPS) is 22.1. The summed E-state index contributed by atoms with van der Waals surface area (Å²) in [6.45, 7) is 0.837. The summed E-state index contributed by atoms with van der Waals surface area (Å²) in [5, 5.41) is 6.47. The summed E-state index contributed by atoms with van der Waals surface area (Å²) < 4.78 is 0. The number of nitrogens with one attached hydrogen (secondary N) is 2. The zero-order chi connectivity index (χ0) is 13.8. The molecule has 2 N–H and O–H groups in total. The lowest BCUT2D eigenvalue weighted by Crippen LogP contribution is -2.42.